The third-order valence-corrected chi connectivity index (χ3v) is 6.24. The van der Waals surface area contributed by atoms with Gasteiger partial charge in [0.05, 0.1) is 0 Å². The van der Waals surface area contributed by atoms with Crippen molar-refractivity contribution >= 4 is 11.7 Å². The molecule has 3 aromatic rings. The van der Waals surface area contributed by atoms with E-state index in [1.807, 2.05) is 36.1 Å². The Hall–Kier alpha value is -3.21. The molecule has 5 heteroatoms. The lowest BCUT2D eigenvalue weighted by Crippen LogP contribution is -2.49. The molecule has 0 saturated carbocycles. The third kappa shape index (κ3) is 4.82. The maximum atomic E-state index is 13.0. The Labute approximate surface area is 191 Å². The lowest BCUT2D eigenvalue weighted by Gasteiger charge is -2.36. The number of aromatic nitrogens is 2. The summed E-state index contributed by atoms with van der Waals surface area (Å²) in [6.45, 7) is 11.2. The molecule has 0 atom stereocenters. The molecule has 0 radical (unpaired) electrons. The van der Waals surface area contributed by atoms with Gasteiger partial charge in [-0.3, -0.25) is 4.79 Å². The van der Waals surface area contributed by atoms with Crippen molar-refractivity contribution in [3.63, 3.8) is 0 Å². The molecule has 0 bridgehead atoms. The quantitative estimate of drug-likeness (QED) is 0.600. The Morgan fingerprint density at radius 2 is 1.62 bits per heavy atom. The summed E-state index contributed by atoms with van der Waals surface area (Å²) < 4.78 is 0. The molecule has 1 fully saturated rings. The minimum atomic E-state index is 0.113. The van der Waals surface area contributed by atoms with Gasteiger partial charge >= 0.3 is 0 Å². The molecule has 1 aromatic heterocycles. The Balaban J connectivity index is 1.50. The van der Waals surface area contributed by atoms with Crippen LogP contribution in [0.2, 0.25) is 0 Å². The van der Waals surface area contributed by atoms with Crippen LogP contribution in [-0.4, -0.2) is 47.0 Å². The van der Waals surface area contributed by atoms with Gasteiger partial charge in [0.15, 0.2) is 0 Å². The Morgan fingerprint density at radius 1 is 0.906 bits per heavy atom. The van der Waals surface area contributed by atoms with Gasteiger partial charge in [-0.15, -0.1) is 0 Å². The number of hydrogen-bond acceptors (Lipinski definition) is 4. The molecule has 166 valence electrons. The van der Waals surface area contributed by atoms with E-state index in [1.165, 1.54) is 22.3 Å². The number of carbonyl (C=O) groups is 1. The zero-order valence-electron chi connectivity index (χ0n) is 19.6. The SMILES string of the molecule is CCc1ccc(C(=O)N2CCN(c3nc(C)nc(C)c3Cc3cccc(C)c3)CC2)cc1. The van der Waals surface area contributed by atoms with Crippen molar-refractivity contribution in [2.75, 3.05) is 31.1 Å². The van der Waals surface area contributed by atoms with Gasteiger partial charge in [0, 0.05) is 49.4 Å². The van der Waals surface area contributed by atoms with Gasteiger partial charge in [-0.1, -0.05) is 48.9 Å². The molecule has 1 aliphatic rings. The first kappa shape index (κ1) is 22.0. The first-order valence-corrected chi connectivity index (χ1v) is 11.5. The van der Waals surface area contributed by atoms with E-state index >= 15 is 0 Å². The molecule has 0 aliphatic carbocycles. The van der Waals surface area contributed by atoms with E-state index in [0.29, 0.717) is 13.1 Å². The fourth-order valence-electron chi connectivity index (χ4n) is 4.40. The van der Waals surface area contributed by atoms with Crippen LogP contribution in [0.3, 0.4) is 0 Å². The monoisotopic (exact) mass is 428 g/mol. The van der Waals surface area contributed by atoms with E-state index in [-0.39, 0.29) is 5.91 Å². The highest BCUT2D eigenvalue weighted by Crippen LogP contribution is 2.26. The Kier molecular flexibility index (Phi) is 6.54. The maximum Gasteiger partial charge on any atom is 0.253 e. The molecule has 1 amide bonds. The first-order chi connectivity index (χ1) is 15.4. The summed E-state index contributed by atoms with van der Waals surface area (Å²) in [6.07, 6.45) is 1.79. The van der Waals surface area contributed by atoms with Gasteiger partial charge in [0.2, 0.25) is 0 Å². The minimum absolute atomic E-state index is 0.113. The second-order valence-electron chi connectivity index (χ2n) is 8.65. The third-order valence-electron chi connectivity index (χ3n) is 6.24. The topological polar surface area (TPSA) is 49.3 Å². The summed E-state index contributed by atoms with van der Waals surface area (Å²) in [5.74, 6) is 1.92. The van der Waals surface area contributed by atoms with Crippen LogP contribution >= 0.6 is 0 Å². The van der Waals surface area contributed by atoms with Crippen molar-refractivity contribution in [3.05, 3.63) is 87.9 Å². The van der Waals surface area contributed by atoms with Gasteiger partial charge in [0.1, 0.15) is 11.6 Å². The Morgan fingerprint density at radius 3 is 2.28 bits per heavy atom. The molecular formula is C27H32N4O. The molecule has 5 nitrogen and oxygen atoms in total. The van der Waals surface area contributed by atoms with Gasteiger partial charge in [-0.2, -0.15) is 0 Å². The first-order valence-electron chi connectivity index (χ1n) is 11.5. The predicted molar refractivity (Wildman–Crippen MR) is 129 cm³/mol. The molecule has 0 N–H and O–H groups in total. The van der Waals surface area contributed by atoms with Crippen LogP contribution in [0.25, 0.3) is 0 Å². The zero-order valence-corrected chi connectivity index (χ0v) is 19.6. The van der Waals surface area contributed by atoms with Gasteiger partial charge in [-0.25, -0.2) is 9.97 Å². The van der Waals surface area contributed by atoms with Crippen molar-refractivity contribution in [2.24, 2.45) is 0 Å². The number of nitrogens with zero attached hydrogens (tertiary/aromatic N) is 4. The molecule has 2 aromatic carbocycles. The maximum absolute atomic E-state index is 13.0. The van der Waals surface area contributed by atoms with E-state index in [2.05, 4.69) is 54.9 Å². The van der Waals surface area contributed by atoms with Gasteiger partial charge < -0.3 is 9.80 Å². The number of hydrogen-bond donors (Lipinski definition) is 0. The van der Waals surface area contributed by atoms with Crippen LogP contribution in [-0.2, 0) is 12.8 Å². The fraction of sp³-hybridized carbons (Fsp3) is 0.370. The number of amides is 1. The highest BCUT2D eigenvalue weighted by atomic mass is 16.2. The molecule has 1 saturated heterocycles. The van der Waals surface area contributed by atoms with Crippen molar-refractivity contribution in [3.8, 4) is 0 Å². The molecule has 0 spiro atoms. The molecule has 2 heterocycles. The van der Waals surface area contributed by atoms with Crippen molar-refractivity contribution in [2.45, 2.75) is 40.5 Å². The second kappa shape index (κ2) is 9.51. The second-order valence-corrected chi connectivity index (χ2v) is 8.65. The normalized spacial score (nSPS) is 14.0. The standard InChI is InChI=1S/C27H32N4O/c1-5-22-9-11-24(12-10-22)27(32)31-15-13-30(14-16-31)26-25(20(3)28-21(4)29-26)18-23-8-6-7-19(2)17-23/h6-12,17H,5,13-16,18H2,1-4H3. The predicted octanol–water partition coefficient (Wildman–Crippen LogP) is 4.52. The minimum Gasteiger partial charge on any atom is -0.353 e. The summed E-state index contributed by atoms with van der Waals surface area (Å²) in [5.41, 5.74) is 6.76. The van der Waals surface area contributed by atoms with Gasteiger partial charge in [-0.05, 0) is 50.5 Å². The smallest absolute Gasteiger partial charge is 0.253 e. The lowest BCUT2D eigenvalue weighted by atomic mass is 10.0. The highest BCUT2D eigenvalue weighted by molar-refractivity contribution is 5.94. The van der Waals surface area contributed by atoms with E-state index in [1.54, 1.807) is 0 Å². The van der Waals surface area contributed by atoms with Gasteiger partial charge in [0.25, 0.3) is 5.91 Å². The summed E-state index contributed by atoms with van der Waals surface area (Å²) >= 11 is 0. The van der Waals surface area contributed by atoms with Crippen LogP contribution < -0.4 is 4.90 Å². The van der Waals surface area contributed by atoms with Crippen LogP contribution in [0.5, 0.6) is 0 Å². The molecule has 1 aliphatic heterocycles. The summed E-state index contributed by atoms with van der Waals surface area (Å²) in [6, 6.07) is 16.6. The lowest BCUT2D eigenvalue weighted by molar-refractivity contribution is 0.0746. The van der Waals surface area contributed by atoms with Crippen LogP contribution in [0.15, 0.2) is 48.5 Å². The summed E-state index contributed by atoms with van der Waals surface area (Å²) in [7, 11) is 0. The number of anilines is 1. The molecule has 4 rings (SSSR count). The van der Waals surface area contributed by atoms with Crippen molar-refractivity contribution in [1.82, 2.24) is 14.9 Å². The average molecular weight is 429 g/mol. The van der Waals surface area contributed by atoms with E-state index in [4.69, 9.17) is 4.98 Å². The molecular weight excluding hydrogens is 396 g/mol. The van der Waals surface area contributed by atoms with Crippen LogP contribution in [0.4, 0.5) is 5.82 Å². The fourth-order valence-corrected chi connectivity index (χ4v) is 4.40. The number of carbonyl (C=O) groups excluding carboxylic acids is 1. The number of aryl methyl sites for hydroxylation is 4. The highest BCUT2D eigenvalue weighted by Gasteiger charge is 2.25. The summed E-state index contributed by atoms with van der Waals surface area (Å²) in [5, 5.41) is 0. The average Bonchev–Trinajstić information content (AvgIpc) is 2.80. The Bertz CT molecular complexity index is 1100. The number of rotatable bonds is 5. The molecule has 0 unspecified atom stereocenters. The van der Waals surface area contributed by atoms with Crippen molar-refractivity contribution < 1.29 is 4.79 Å². The van der Waals surface area contributed by atoms with Crippen LogP contribution in [0, 0.1) is 20.8 Å². The number of piperazine rings is 1. The number of benzene rings is 2. The summed E-state index contributed by atoms with van der Waals surface area (Å²) in [4.78, 5) is 26.7. The van der Waals surface area contributed by atoms with E-state index < -0.39 is 0 Å². The van der Waals surface area contributed by atoms with Crippen molar-refractivity contribution in [1.29, 1.82) is 0 Å². The van der Waals surface area contributed by atoms with E-state index in [9.17, 15) is 4.79 Å². The molecule has 32 heavy (non-hydrogen) atoms. The largest absolute Gasteiger partial charge is 0.353 e. The zero-order chi connectivity index (χ0) is 22.7. The van der Waals surface area contributed by atoms with Crippen LogP contribution in [0.1, 0.15) is 51.1 Å². The van der Waals surface area contributed by atoms with E-state index in [0.717, 1.165) is 48.8 Å².